The number of rotatable bonds is 7. The van der Waals surface area contributed by atoms with E-state index in [9.17, 15) is 14.7 Å². The van der Waals surface area contributed by atoms with Gasteiger partial charge in [0, 0.05) is 29.8 Å². The second-order valence-electron chi connectivity index (χ2n) is 6.96. The Morgan fingerprint density at radius 1 is 1.13 bits per heavy atom. The van der Waals surface area contributed by atoms with Gasteiger partial charge in [-0.25, -0.2) is 0 Å². The number of methoxy groups -OCH3 is 2. The van der Waals surface area contributed by atoms with Gasteiger partial charge in [-0.2, -0.15) is 0 Å². The highest BCUT2D eigenvalue weighted by Crippen LogP contribution is 2.37. The summed E-state index contributed by atoms with van der Waals surface area (Å²) >= 11 is 0. The van der Waals surface area contributed by atoms with E-state index < -0.39 is 23.9 Å². The van der Waals surface area contributed by atoms with E-state index in [1.165, 1.54) is 14.2 Å². The number of ether oxygens (including phenoxy) is 4. The molecule has 1 unspecified atom stereocenters. The smallest absolute Gasteiger partial charge is 0.308 e. The summed E-state index contributed by atoms with van der Waals surface area (Å²) in [6.45, 7) is 0.0969. The number of benzene rings is 2. The number of carbonyl (C=O) groups is 2. The molecule has 0 radical (unpaired) electrons. The quantitative estimate of drug-likeness (QED) is 0.689. The fourth-order valence-electron chi connectivity index (χ4n) is 3.42. The second kappa shape index (κ2) is 8.05. The molecular formula is C21H20N2O8. The largest absolute Gasteiger partial charge is 0.497 e. The summed E-state index contributed by atoms with van der Waals surface area (Å²) in [5.74, 6) is 0.255. The molecule has 4 rings (SSSR count). The zero-order valence-electron chi connectivity index (χ0n) is 16.8. The molecule has 2 aliphatic rings. The lowest BCUT2D eigenvalue weighted by atomic mass is 9.89. The van der Waals surface area contributed by atoms with Crippen LogP contribution in [0, 0.1) is 0 Å². The predicted octanol–water partition coefficient (Wildman–Crippen LogP) is 2.41. The standard InChI is InChI=1S/C21H20N2O8/c1-27-13-4-5-14(17(8-13)28-2)15-9-21(31-23-15,10-19(24)25)20(26)22-12-3-6-16-18(7-12)30-11-29-16/h3-8H,9-11H2,1-2H3,(H,22,26)(H,24,25). The van der Waals surface area contributed by atoms with Crippen LogP contribution in [0.25, 0.3) is 0 Å². The monoisotopic (exact) mass is 428 g/mol. The van der Waals surface area contributed by atoms with Crippen molar-refractivity contribution in [2.24, 2.45) is 5.16 Å². The van der Waals surface area contributed by atoms with Gasteiger partial charge in [-0.1, -0.05) is 5.16 Å². The number of aliphatic carboxylic acids is 1. The minimum atomic E-state index is -1.72. The zero-order chi connectivity index (χ0) is 22.0. The molecule has 0 fully saturated rings. The highest BCUT2D eigenvalue weighted by Gasteiger charge is 2.49. The highest BCUT2D eigenvalue weighted by molar-refractivity contribution is 6.10. The Balaban J connectivity index is 1.58. The first-order valence-electron chi connectivity index (χ1n) is 9.34. The molecule has 2 aromatic rings. The minimum Gasteiger partial charge on any atom is -0.497 e. The number of carboxylic acids is 1. The number of anilines is 1. The summed E-state index contributed by atoms with van der Waals surface area (Å²) < 4.78 is 21.1. The molecule has 10 nitrogen and oxygen atoms in total. The Hall–Kier alpha value is -3.95. The van der Waals surface area contributed by atoms with Crippen molar-refractivity contribution < 1.29 is 38.5 Å². The van der Waals surface area contributed by atoms with Gasteiger partial charge >= 0.3 is 5.97 Å². The zero-order valence-corrected chi connectivity index (χ0v) is 16.8. The van der Waals surface area contributed by atoms with Gasteiger partial charge in [0.1, 0.15) is 11.5 Å². The summed E-state index contributed by atoms with van der Waals surface area (Å²) in [5.41, 5.74) is -0.339. The fourth-order valence-corrected chi connectivity index (χ4v) is 3.42. The SMILES string of the molecule is COc1ccc(C2=NOC(CC(=O)O)(C(=O)Nc3ccc4c(c3)OCO4)C2)c(OC)c1. The molecule has 1 amide bonds. The maximum Gasteiger partial charge on any atom is 0.308 e. The molecule has 0 aromatic heterocycles. The number of oxime groups is 1. The van der Waals surface area contributed by atoms with Crippen LogP contribution in [0.2, 0.25) is 0 Å². The summed E-state index contributed by atoms with van der Waals surface area (Å²) in [6, 6.07) is 9.97. The van der Waals surface area contributed by atoms with Crippen molar-refractivity contribution in [3.05, 3.63) is 42.0 Å². The third-order valence-electron chi connectivity index (χ3n) is 4.98. The number of carboxylic acid groups (broad SMARTS) is 1. The first-order chi connectivity index (χ1) is 14.9. The number of hydrogen-bond donors (Lipinski definition) is 2. The lowest BCUT2D eigenvalue weighted by Crippen LogP contribution is -2.45. The van der Waals surface area contributed by atoms with Crippen molar-refractivity contribution in [2.75, 3.05) is 26.3 Å². The topological polar surface area (TPSA) is 125 Å². The third kappa shape index (κ3) is 3.91. The van der Waals surface area contributed by atoms with Crippen LogP contribution in [0.1, 0.15) is 18.4 Å². The Morgan fingerprint density at radius 2 is 1.94 bits per heavy atom. The van der Waals surface area contributed by atoms with E-state index in [1.807, 2.05) is 0 Å². The third-order valence-corrected chi connectivity index (χ3v) is 4.98. The molecule has 2 aromatic carbocycles. The lowest BCUT2D eigenvalue weighted by molar-refractivity contribution is -0.152. The van der Waals surface area contributed by atoms with Gasteiger partial charge in [0.25, 0.3) is 5.91 Å². The molecule has 2 N–H and O–H groups in total. The van der Waals surface area contributed by atoms with Crippen molar-refractivity contribution in [2.45, 2.75) is 18.4 Å². The molecule has 0 aliphatic carbocycles. The number of hydrogen-bond acceptors (Lipinski definition) is 8. The lowest BCUT2D eigenvalue weighted by Gasteiger charge is -2.23. The van der Waals surface area contributed by atoms with Crippen LogP contribution >= 0.6 is 0 Å². The van der Waals surface area contributed by atoms with E-state index in [2.05, 4.69) is 10.5 Å². The molecule has 0 saturated heterocycles. The summed E-state index contributed by atoms with van der Waals surface area (Å²) in [6.07, 6.45) is -0.632. The molecule has 31 heavy (non-hydrogen) atoms. The number of fused-ring (bicyclic) bond motifs is 1. The molecule has 162 valence electrons. The van der Waals surface area contributed by atoms with Crippen LogP contribution in [0.4, 0.5) is 5.69 Å². The number of nitrogens with zero attached hydrogens (tertiary/aromatic N) is 1. The van der Waals surface area contributed by atoms with Gasteiger partial charge in [0.2, 0.25) is 12.4 Å². The van der Waals surface area contributed by atoms with Crippen LogP contribution in [-0.4, -0.2) is 49.3 Å². The van der Waals surface area contributed by atoms with Crippen LogP contribution in [0.15, 0.2) is 41.6 Å². The van der Waals surface area contributed by atoms with Gasteiger partial charge in [-0.15, -0.1) is 0 Å². The van der Waals surface area contributed by atoms with E-state index in [1.54, 1.807) is 36.4 Å². The van der Waals surface area contributed by atoms with Gasteiger partial charge in [-0.3, -0.25) is 9.59 Å². The molecular weight excluding hydrogens is 408 g/mol. The summed E-state index contributed by atoms with van der Waals surface area (Å²) in [7, 11) is 3.02. The summed E-state index contributed by atoms with van der Waals surface area (Å²) in [4.78, 5) is 30.1. The first kappa shape index (κ1) is 20.3. The Kier molecular flexibility index (Phi) is 5.28. The van der Waals surface area contributed by atoms with Crippen LogP contribution in [0.3, 0.4) is 0 Å². The Morgan fingerprint density at radius 3 is 2.68 bits per heavy atom. The average molecular weight is 428 g/mol. The number of carbonyl (C=O) groups excluding carboxylic acids is 1. The fraction of sp³-hybridized carbons (Fsp3) is 0.286. The first-order valence-corrected chi connectivity index (χ1v) is 9.34. The van der Waals surface area contributed by atoms with Crippen LogP contribution in [0.5, 0.6) is 23.0 Å². The molecule has 2 aliphatic heterocycles. The molecule has 0 saturated carbocycles. The second-order valence-corrected chi connectivity index (χ2v) is 6.96. The van der Waals surface area contributed by atoms with Crippen molar-refractivity contribution in [1.82, 2.24) is 0 Å². The molecule has 1 atom stereocenters. The number of amides is 1. The van der Waals surface area contributed by atoms with Crippen molar-refractivity contribution in [1.29, 1.82) is 0 Å². The molecule has 0 bridgehead atoms. The predicted molar refractivity (Wildman–Crippen MR) is 108 cm³/mol. The Labute approximate surface area is 177 Å². The number of nitrogens with one attached hydrogen (secondary N) is 1. The van der Waals surface area contributed by atoms with Crippen molar-refractivity contribution >= 4 is 23.3 Å². The van der Waals surface area contributed by atoms with E-state index in [0.717, 1.165) is 0 Å². The van der Waals surface area contributed by atoms with Gasteiger partial charge in [0.15, 0.2) is 11.5 Å². The summed E-state index contributed by atoms with van der Waals surface area (Å²) in [5, 5.41) is 16.1. The maximum atomic E-state index is 13.1. The van der Waals surface area contributed by atoms with Crippen LogP contribution < -0.4 is 24.3 Å². The van der Waals surface area contributed by atoms with Gasteiger partial charge < -0.3 is 34.2 Å². The maximum absolute atomic E-state index is 13.1. The normalized spacial score (nSPS) is 18.7. The molecule has 10 heteroatoms. The van der Waals surface area contributed by atoms with Crippen molar-refractivity contribution in [3.63, 3.8) is 0 Å². The van der Waals surface area contributed by atoms with E-state index >= 15 is 0 Å². The van der Waals surface area contributed by atoms with Crippen molar-refractivity contribution in [3.8, 4) is 23.0 Å². The van der Waals surface area contributed by atoms with E-state index in [0.29, 0.717) is 40.0 Å². The average Bonchev–Trinajstić information content (AvgIpc) is 3.40. The molecule has 0 spiro atoms. The van der Waals surface area contributed by atoms with Gasteiger partial charge in [0.05, 0.1) is 26.4 Å². The highest BCUT2D eigenvalue weighted by atomic mass is 16.7. The van der Waals surface area contributed by atoms with E-state index in [-0.39, 0.29) is 13.2 Å². The Bertz CT molecular complexity index is 1070. The van der Waals surface area contributed by atoms with Crippen LogP contribution in [-0.2, 0) is 14.4 Å². The van der Waals surface area contributed by atoms with Gasteiger partial charge in [-0.05, 0) is 24.3 Å². The molecule has 2 heterocycles. The minimum absolute atomic E-state index is 0.0572. The van der Waals surface area contributed by atoms with E-state index in [4.69, 9.17) is 23.8 Å².